The third kappa shape index (κ3) is 4.14. The van der Waals surface area contributed by atoms with Gasteiger partial charge in [-0.1, -0.05) is 0 Å². The van der Waals surface area contributed by atoms with Crippen LogP contribution in [0.25, 0.3) is 0 Å². The minimum absolute atomic E-state index is 0.358. The Balaban J connectivity index is 2.22. The van der Waals surface area contributed by atoms with Crippen molar-refractivity contribution in [1.82, 2.24) is 4.90 Å². The summed E-state index contributed by atoms with van der Waals surface area (Å²) in [5.74, 6) is 0.602. The fourth-order valence-electron chi connectivity index (χ4n) is 3.04. The average molecular weight is 323 g/mol. The lowest BCUT2D eigenvalue weighted by Gasteiger charge is -2.41. The molecule has 128 valence electrons. The van der Waals surface area contributed by atoms with Crippen molar-refractivity contribution in [3.63, 3.8) is 0 Å². The number of nitrogens with zero attached hydrogens (tertiary/aromatic N) is 1. The monoisotopic (exact) mass is 323 g/mol. The molecule has 0 saturated carbocycles. The summed E-state index contributed by atoms with van der Waals surface area (Å²) in [5.41, 5.74) is 1.47. The van der Waals surface area contributed by atoms with E-state index in [0.717, 1.165) is 22.6 Å². The minimum Gasteiger partial charge on any atom is -0.496 e. The van der Waals surface area contributed by atoms with Crippen molar-refractivity contribution < 1.29 is 24.1 Å². The van der Waals surface area contributed by atoms with Crippen LogP contribution in [-0.2, 0) is 16.1 Å². The summed E-state index contributed by atoms with van der Waals surface area (Å²) >= 11 is 0. The molecule has 0 bridgehead atoms. The molecule has 1 unspecified atom stereocenters. The number of methoxy groups -OCH3 is 2. The third-order valence-corrected chi connectivity index (χ3v) is 3.98. The Hall–Kier alpha value is -1.79. The van der Waals surface area contributed by atoms with E-state index in [-0.39, 0.29) is 0 Å². The molecule has 1 N–H and O–H groups in total. The normalized spacial score (nSPS) is 21.0. The molecule has 1 atom stereocenters. The van der Waals surface area contributed by atoms with Gasteiger partial charge in [-0.15, -0.1) is 0 Å². The van der Waals surface area contributed by atoms with Gasteiger partial charge in [0.1, 0.15) is 11.5 Å². The Labute approximate surface area is 136 Å². The average Bonchev–Trinajstić information content (AvgIpc) is 2.47. The van der Waals surface area contributed by atoms with Gasteiger partial charge in [0.05, 0.1) is 19.8 Å². The Morgan fingerprint density at radius 2 is 1.91 bits per heavy atom. The van der Waals surface area contributed by atoms with Gasteiger partial charge in [0.25, 0.3) is 0 Å². The molecule has 0 spiro atoms. The van der Waals surface area contributed by atoms with Crippen molar-refractivity contribution in [2.24, 2.45) is 0 Å². The van der Waals surface area contributed by atoms with Gasteiger partial charge in [-0.05, 0) is 38.5 Å². The summed E-state index contributed by atoms with van der Waals surface area (Å²) in [6.45, 7) is 7.40. The van der Waals surface area contributed by atoms with Crippen LogP contribution in [0.1, 0.15) is 25.0 Å². The molecule has 1 aromatic rings. The Morgan fingerprint density at radius 1 is 1.35 bits per heavy atom. The van der Waals surface area contributed by atoms with Crippen LogP contribution >= 0.6 is 0 Å². The molecular formula is C17H25NO5. The number of benzene rings is 1. The topological polar surface area (TPSA) is 68.2 Å². The fraction of sp³-hybridized carbons (Fsp3) is 0.588. The number of carbonyl (C=O) groups is 1. The van der Waals surface area contributed by atoms with E-state index in [1.807, 2.05) is 32.9 Å². The number of carboxylic acids is 1. The molecule has 6 nitrogen and oxygen atoms in total. The summed E-state index contributed by atoms with van der Waals surface area (Å²) in [6.07, 6.45) is -0.812. The zero-order chi connectivity index (χ0) is 17.2. The summed E-state index contributed by atoms with van der Waals surface area (Å²) in [4.78, 5) is 13.4. The molecule has 23 heavy (non-hydrogen) atoms. The molecule has 0 radical (unpaired) electrons. The highest BCUT2D eigenvalue weighted by Crippen LogP contribution is 2.31. The first-order valence-electron chi connectivity index (χ1n) is 7.60. The van der Waals surface area contributed by atoms with E-state index in [4.69, 9.17) is 14.2 Å². The maximum Gasteiger partial charge on any atom is 0.334 e. The molecule has 1 aliphatic rings. The second-order valence-electron chi connectivity index (χ2n) is 6.50. The maximum atomic E-state index is 11.3. The van der Waals surface area contributed by atoms with Gasteiger partial charge in [-0.3, -0.25) is 4.90 Å². The standard InChI is InChI=1S/C17H25NO5/c1-11-13(21-4)6-12(7-14(11)22-5)8-18-9-15(16(19)20)23-17(2,3)10-18/h6-7,15H,8-10H2,1-5H3,(H,19,20). The van der Waals surface area contributed by atoms with Gasteiger partial charge < -0.3 is 19.3 Å². The SMILES string of the molecule is COc1cc(CN2CC(C(=O)O)OC(C)(C)C2)cc(OC)c1C. The highest BCUT2D eigenvalue weighted by atomic mass is 16.5. The number of aliphatic carboxylic acids is 1. The van der Waals surface area contributed by atoms with Gasteiger partial charge in [-0.2, -0.15) is 0 Å². The Bertz CT molecular complexity index is 559. The van der Waals surface area contributed by atoms with E-state index in [0.29, 0.717) is 19.6 Å². The molecule has 0 aromatic heterocycles. The molecule has 1 aromatic carbocycles. The molecule has 0 amide bonds. The zero-order valence-corrected chi connectivity index (χ0v) is 14.4. The lowest BCUT2D eigenvalue weighted by atomic mass is 10.0. The second kappa shape index (κ2) is 6.76. The highest BCUT2D eigenvalue weighted by molar-refractivity contribution is 5.72. The molecule has 6 heteroatoms. The van der Waals surface area contributed by atoms with Crippen LogP contribution in [0.3, 0.4) is 0 Å². The van der Waals surface area contributed by atoms with E-state index in [9.17, 15) is 9.90 Å². The molecule has 0 aliphatic carbocycles. The number of hydrogen-bond donors (Lipinski definition) is 1. The molecule has 1 saturated heterocycles. The lowest BCUT2D eigenvalue weighted by molar-refractivity contribution is -0.178. The molecule has 1 aliphatic heterocycles. The van der Waals surface area contributed by atoms with Crippen molar-refractivity contribution in [3.05, 3.63) is 23.3 Å². The van der Waals surface area contributed by atoms with E-state index in [1.54, 1.807) is 14.2 Å². The zero-order valence-electron chi connectivity index (χ0n) is 14.4. The number of ether oxygens (including phenoxy) is 3. The minimum atomic E-state index is -0.929. The van der Waals surface area contributed by atoms with Crippen LogP contribution in [0.15, 0.2) is 12.1 Å². The number of carboxylic acid groups (broad SMARTS) is 1. The summed E-state index contributed by atoms with van der Waals surface area (Å²) in [7, 11) is 3.26. The number of rotatable bonds is 5. The first kappa shape index (κ1) is 17.6. The molecule has 1 heterocycles. The quantitative estimate of drug-likeness (QED) is 0.895. The van der Waals surface area contributed by atoms with Crippen molar-refractivity contribution in [2.45, 2.75) is 39.0 Å². The predicted molar refractivity (Wildman–Crippen MR) is 86.1 cm³/mol. The van der Waals surface area contributed by atoms with E-state index < -0.39 is 17.7 Å². The Morgan fingerprint density at radius 3 is 2.39 bits per heavy atom. The van der Waals surface area contributed by atoms with Crippen LogP contribution in [0.2, 0.25) is 0 Å². The summed E-state index contributed by atoms with van der Waals surface area (Å²) < 4.78 is 16.4. The lowest BCUT2D eigenvalue weighted by Crippen LogP contribution is -2.54. The van der Waals surface area contributed by atoms with Gasteiger partial charge >= 0.3 is 5.97 Å². The fourth-order valence-corrected chi connectivity index (χ4v) is 3.04. The maximum absolute atomic E-state index is 11.3. The molecular weight excluding hydrogens is 298 g/mol. The van der Waals surface area contributed by atoms with Gasteiger partial charge in [0.15, 0.2) is 6.10 Å². The van der Waals surface area contributed by atoms with Crippen LogP contribution in [0.5, 0.6) is 11.5 Å². The highest BCUT2D eigenvalue weighted by Gasteiger charge is 2.36. The number of morpholine rings is 1. The van der Waals surface area contributed by atoms with Crippen molar-refractivity contribution in [2.75, 3.05) is 27.3 Å². The predicted octanol–water partition coefficient (Wildman–Crippen LogP) is 2.08. The third-order valence-electron chi connectivity index (χ3n) is 3.98. The van der Waals surface area contributed by atoms with Crippen molar-refractivity contribution in [1.29, 1.82) is 0 Å². The van der Waals surface area contributed by atoms with Crippen LogP contribution < -0.4 is 9.47 Å². The second-order valence-corrected chi connectivity index (χ2v) is 6.50. The largest absolute Gasteiger partial charge is 0.496 e. The van der Waals surface area contributed by atoms with Crippen LogP contribution in [0.4, 0.5) is 0 Å². The van der Waals surface area contributed by atoms with Crippen molar-refractivity contribution >= 4 is 5.97 Å². The first-order chi connectivity index (χ1) is 10.8. The van der Waals surface area contributed by atoms with Crippen LogP contribution in [-0.4, -0.2) is 55.0 Å². The van der Waals surface area contributed by atoms with Gasteiger partial charge in [0.2, 0.25) is 0 Å². The van der Waals surface area contributed by atoms with E-state index >= 15 is 0 Å². The van der Waals surface area contributed by atoms with E-state index in [2.05, 4.69) is 4.90 Å². The molecule has 1 fully saturated rings. The smallest absolute Gasteiger partial charge is 0.334 e. The van der Waals surface area contributed by atoms with Gasteiger partial charge in [0, 0.05) is 25.2 Å². The molecule has 2 rings (SSSR count). The van der Waals surface area contributed by atoms with Gasteiger partial charge in [-0.25, -0.2) is 4.79 Å². The summed E-state index contributed by atoms with van der Waals surface area (Å²) in [5, 5.41) is 9.26. The van der Waals surface area contributed by atoms with E-state index in [1.165, 1.54) is 0 Å². The Kier molecular flexibility index (Phi) is 5.16. The van der Waals surface area contributed by atoms with Crippen molar-refractivity contribution in [3.8, 4) is 11.5 Å². The first-order valence-corrected chi connectivity index (χ1v) is 7.60. The van der Waals surface area contributed by atoms with Crippen LogP contribution in [0, 0.1) is 6.92 Å². The number of hydrogen-bond acceptors (Lipinski definition) is 5. The summed E-state index contributed by atoms with van der Waals surface area (Å²) in [6, 6.07) is 3.94.